The van der Waals surface area contributed by atoms with Crippen molar-refractivity contribution < 1.29 is 13.2 Å². The Morgan fingerprint density at radius 3 is 1.93 bits per heavy atom. The highest BCUT2D eigenvalue weighted by atomic mass is 35.5. The maximum Gasteiger partial charge on any atom is 0.416 e. The Balaban J connectivity index is 3.41. The lowest BCUT2D eigenvalue weighted by Gasteiger charge is -2.24. The van der Waals surface area contributed by atoms with Crippen LogP contribution in [-0.2, 0) is 11.6 Å². The van der Waals surface area contributed by atoms with Crippen molar-refractivity contribution in [3.8, 4) is 0 Å². The van der Waals surface area contributed by atoms with Crippen molar-refractivity contribution >= 4 is 11.6 Å². The molecule has 0 aliphatic rings. The maximum absolute atomic E-state index is 12.7. The molecule has 0 N–H and O–H groups in total. The van der Waals surface area contributed by atoms with E-state index < -0.39 is 17.2 Å². The van der Waals surface area contributed by atoms with E-state index in [0.717, 1.165) is 6.07 Å². The molecular formula is C11H12ClF3. The van der Waals surface area contributed by atoms with Crippen LogP contribution in [-0.4, -0.2) is 0 Å². The molecule has 0 bridgehead atoms. The van der Waals surface area contributed by atoms with Gasteiger partial charge in [0.2, 0.25) is 0 Å². The first kappa shape index (κ1) is 12.4. The molecule has 0 nitrogen and oxygen atoms in total. The van der Waals surface area contributed by atoms with Gasteiger partial charge in [-0.1, -0.05) is 38.4 Å². The molecule has 0 aromatic heterocycles. The quantitative estimate of drug-likeness (QED) is 0.615. The summed E-state index contributed by atoms with van der Waals surface area (Å²) in [6.45, 7) is 5.22. The summed E-state index contributed by atoms with van der Waals surface area (Å²) >= 11 is 5.57. The zero-order valence-corrected chi connectivity index (χ0v) is 9.50. The topological polar surface area (TPSA) is 0 Å². The molecule has 0 aliphatic carbocycles. The van der Waals surface area contributed by atoms with Crippen molar-refractivity contribution in [2.45, 2.75) is 32.4 Å². The molecule has 0 radical (unpaired) electrons. The number of rotatable bonds is 0. The van der Waals surface area contributed by atoms with E-state index in [1.165, 1.54) is 12.1 Å². The zero-order chi connectivity index (χ0) is 11.9. The highest BCUT2D eigenvalue weighted by Crippen LogP contribution is 2.38. The van der Waals surface area contributed by atoms with Gasteiger partial charge in [0.05, 0.1) is 5.56 Å². The van der Waals surface area contributed by atoms with Crippen molar-refractivity contribution in [3.05, 3.63) is 34.3 Å². The van der Waals surface area contributed by atoms with E-state index in [-0.39, 0.29) is 10.6 Å². The van der Waals surface area contributed by atoms with Gasteiger partial charge in [-0.25, -0.2) is 0 Å². The fourth-order valence-electron chi connectivity index (χ4n) is 1.41. The highest BCUT2D eigenvalue weighted by molar-refractivity contribution is 6.30. The molecule has 0 saturated heterocycles. The molecule has 0 fully saturated rings. The molecule has 0 heterocycles. The maximum atomic E-state index is 12.7. The lowest BCUT2D eigenvalue weighted by Crippen LogP contribution is -2.19. The Morgan fingerprint density at radius 2 is 1.53 bits per heavy atom. The molecular weight excluding hydrogens is 225 g/mol. The first-order valence-corrected chi connectivity index (χ1v) is 4.87. The van der Waals surface area contributed by atoms with E-state index in [0.29, 0.717) is 0 Å². The van der Waals surface area contributed by atoms with Crippen LogP contribution >= 0.6 is 11.6 Å². The van der Waals surface area contributed by atoms with Gasteiger partial charge >= 0.3 is 6.18 Å². The fraction of sp³-hybridized carbons (Fsp3) is 0.455. The van der Waals surface area contributed by atoms with Crippen molar-refractivity contribution in [3.63, 3.8) is 0 Å². The average molecular weight is 237 g/mol. The summed E-state index contributed by atoms with van der Waals surface area (Å²) < 4.78 is 38.1. The van der Waals surface area contributed by atoms with Gasteiger partial charge in [-0.3, -0.25) is 0 Å². The number of benzene rings is 1. The van der Waals surface area contributed by atoms with Crippen LogP contribution in [0.3, 0.4) is 0 Å². The van der Waals surface area contributed by atoms with E-state index in [2.05, 4.69) is 0 Å². The first-order chi connectivity index (χ1) is 6.62. The Morgan fingerprint density at radius 1 is 1.00 bits per heavy atom. The number of alkyl halides is 3. The SMILES string of the molecule is CC(C)(C)c1ccc(Cl)cc1C(F)(F)F. The van der Waals surface area contributed by atoms with Crippen LogP contribution in [0.5, 0.6) is 0 Å². The van der Waals surface area contributed by atoms with E-state index in [1.807, 2.05) is 0 Å². The molecule has 0 amide bonds. The molecule has 0 atom stereocenters. The molecule has 0 saturated carbocycles. The standard InChI is InChI=1S/C11H12ClF3/c1-10(2,3)8-5-4-7(12)6-9(8)11(13,14)15/h4-6H,1-3H3. The minimum atomic E-state index is -4.35. The van der Waals surface area contributed by atoms with Crippen LogP contribution in [0.4, 0.5) is 13.2 Å². The van der Waals surface area contributed by atoms with Crippen LogP contribution in [0.25, 0.3) is 0 Å². The molecule has 4 heteroatoms. The van der Waals surface area contributed by atoms with Crippen molar-refractivity contribution in [2.75, 3.05) is 0 Å². The zero-order valence-electron chi connectivity index (χ0n) is 8.74. The molecule has 0 spiro atoms. The second kappa shape index (κ2) is 3.71. The van der Waals surface area contributed by atoms with Gasteiger partial charge in [-0.05, 0) is 23.1 Å². The summed E-state index contributed by atoms with van der Waals surface area (Å²) in [7, 11) is 0. The number of hydrogen-bond donors (Lipinski definition) is 0. The number of halogens is 4. The second-order valence-corrected chi connectivity index (χ2v) is 4.87. The van der Waals surface area contributed by atoms with E-state index >= 15 is 0 Å². The molecule has 1 rings (SSSR count). The predicted octanol–water partition coefficient (Wildman–Crippen LogP) is 4.66. The van der Waals surface area contributed by atoms with Gasteiger partial charge in [0.1, 0.15) is 0 Å². The minimum absolute atomic E-state index is 0.107. The van der Waals surface area contributed by atoms with Gasteiger partial charge in [0.15, 0.2) is 0 Å². The van der Waals surface area contributed by atoms with Gasteiger partial charge < -0.3 is 0 Å². The summed E-state index contributed by atoms with van der Waals surface area (Å²) in [5.74, 6) is 0. The molecule has 1 aromatic rings. The summed E-state index contributed by atoms with van der Waals surface area (Å²) in [6, 6.07) is 3.89. The van der Waals surface area contributed by atoms with Crippen LogP contribution in [0.1, 0.15) is 31.9 Å². The predicted molar refractivity (Wildman–Crippen MR) is 55.2 cm³/mol. The average Bonchev–Trinajstić information content (AvgIpc) is 2.00. The van der Waals surface area contributed by atoms with E-state index in [1.54, 1.807) is 20.8 Å². The van der Waals surface area contributed by atoms with Crippen LogP contribution in [0.15, 0.2) is 18.2 Å². The number of hydrogen-bond acceptors (Lipinski definition) is 0. The van der Waals surface area contributed by atoms with Gasteiger partial charge in [0.25, 0.3) is 0 Å². The van der Waals surface area contributed by atoms with Gasteiger partial charge in [0, 0.05) is 5.02 Å². The minimum Gasteiger partial charge on any atom is -0.166 e. The first-order valence-electron chi connectivity index (χ1n) is 4.49. The van der Waals surface area contributed by atoms with E-state index in [4.69, 9.17) is 11.6 Å². The smallest absolute Gasteiger partial charge is 0.166 e. The largest absolute Gasteiger partial charge is 0.416 e. The summed E-state index contributed by atoms with van der Waals surface area (Å²) in [5, 5.41) is 0.107. The molecule has 1 aromatic carbocycles. The van der Waals surface area contributed by atoms with Crippen molar-refractivity contribution in [1.29, 1.82) is 0 Å². The van der Waals surface area contributed by atoms with Gasteiger partial charge in [-0.2, -0.15) is 13.2 Å². The van der Waals surface area contributed by atoms with E-state index in [9.17, 15) is 13.2 Å². The summed E-state index contributed by atoms with van der Waals surface area (Å²) in [5.41, 5.74) is -0.933. The monoisotopic (exact) mass is 236 g/mol. The van der Waals surface area contributed by atoms with Crippen molar-refractivity contribution in [2.24, 2.45) is 0 Å². The molecule has 84 valence electrons. The van der Waals surface area contributed by atoms with Crippen LogP contribution in [0, 0.1) is 0 Å². The molecule has 0 unspecified atom stereocenters. The Hall–Kier alpha value is -0.700. The lowest BCUT2D eigenvalue weighted by molar-refractivity contribution is -0.138. The Kier molecular flexibility index (Phi) is 3.06. The third kappa shape index (κ3) is 2.88. The Labute approximate surface area is 92.1 Å². The Bertz CT molecular complexity index is 361. The third-order valence-corrected chi connectivity index (χ3v) is 2.33. The summed E-state index contributed by atoms with van der Waals surface area (Å²) in [4.78, 5) is 0. The lowest BCUT2D eigenvalue weighted by atomic mass is 9.83. The normalized spacial score (nSPS) is 13.0. The van der Waals surface area contributed by atoms with Gasteiger partial charge in [-0.15, -0.1) is 0 Å². The van der Waals surface area contributed by atoms with Crippen LogP contribution < -0.4 is 0 Å². The van der Waals surface area contributed by atoms with Crippen molar-refractivity contribution in [1.82, 2.24) is 0 Å². The highest BCUT2D eigenvalue weighted by Gasteiger charge is 2.36. The summed E-state index contributed by atoms with van der Waals surface area (Å²) in [6.07, 6.45) is -4.35. The molecule has 15 heavy (non-hydrogen) atoms. The molecule has 0 aliphatic heterocycles. The second-order valence-electron chi connectivity index (χ2n) is 4.44. The third-order valence-electron chi connectivity index (χ3n) is 2.10. The fourth-order valence-corrected chi connectivity index (χ4v) is 1.58. The van der Waals surface area contributed by atoms with Crippen LogP contribution in [0.2, 0.25) is 5.02 Å².